The largest absolute Gasteiger partial charge is 0.313 e. The summed E-state index contributed by atoms with van der Waals surface area (Å²) in [7, 11) is 0. The van der Waals surface area contributed by atoms with E-state index in [1.165, 1.54) is 5.57 Å². The predicted octanol–water partition coefficient (Wildman–Crippen LogP) is 2.56. The quantitative estimate of drug-likeness (QED) is 0.608. The Morgan fingerprint density at radius 3 is 1.85 bits per heavy atom. The molecule has 1 heterocycles. The van der Waals surface area contributed by atoms with Crippen molar-refractivity contribution < 1.29 is 4.79 Å². The second kappa shape index (κ2) is 2.86. The zero-order valence-electron chi connectivity index (χ0n) is 9.43. The lowest BCUT2D eigenvalue weighted by Gasteiger charge is -2.25. The lowest BCUT2D eigenvalue weighted by atomic mass is 9.86. The van der Waals surface area contributed by atoms with Crippen LogP contribution in [0, 0.1) is 5.41 Å². The van der Waals surface area contributed by atoms with Crippen molar-refractivity contribution in [3.63, 3.8) is 0 Å². The Balaban J connectivity index is 3.15. The molecule has 0 bridgehead atoms. The van der Waals surface area contributed by atoms with Crippen LogP contribution >= 0.6 is 0 Å². The molecule has 0 N–H and O–H groups in total. The summed E-state index contributed by atoms with van der Waals surface area (Å²) in [6.07, 6.45) is 0. The summed E-state index contributed by atoms with van der Waals surface area (Å²) in [5.74, 6) is 0.234. The van der Waals surface area contributed by atoms with Crippen molar-refractivity contribution in [2.24, 2.45) is 5.41 Å². The highest BCUT2D eigenvalue weighted by molar-refractivity contribution is 5.90. The standard InChI is InChI=1S/C11H19NO/c1-7(2)12-9(4)8(3)11(5,6)10(12)13/h7H,1-6H3. The van der Waals surface area contributed by atoms with Gasteiger partial charge in [0.1, 0.15) is 0 Å². The maximum absolute atomic E-state index is 12.0. The Bertz CT molecular complexity index is 274. The number of carbonyl (C=O) groups excluding carboxylic acids is 1. The Morgan fingerprint density at radius 1 is 1.23 bits per heavy atom. The van der Waals surface area contributed by atoms with E-state index in [1.54, 1.807) is 0 Å². The molecule has 1 amide bonds. The van der Waals surface area contributed by atoms with Gasteiger partial charge in [-0.3, -0.25) is 4.79 Å². The van der Waals surface area contributed by atoms with E-state index in [0.29, 0.717) is 0 Å². The Morgan fingerprint density at radius 2 is 1.69 bits per heavy atom. The van der Waals surface area contributed by atoms with Crippen LogP contribution in [-0.2, 0) is 4.79 Å². The van der Waals surface area contributed by atoms with Gasteiger partial charge in [0.05, 0.1) is 5.41 Å². The van der Waals surface area contributed by atoms with Crippen LogP contribution in [0.25, 0.3) is 0 Å². The first kappa shape index (κ1) is 10.3. The fraction of sp³-hybridized carbons (Fsp3) is 0.727. The van der Waals surface area contributed by atoms with E-state index >= 15 is 0 Å². The first-order valence-electron chi connectivity index (χ1n) is 4.81. The summed E-state index contributed by atoms with van der Waals surface area (Å²) in [5, 5.41) is 0. The summed E-state index contributed by atoms with van der Waals surface area (Å²) in [4.78, 5) is 13.9. The van der Waals surface area contributed by atoms with Gasteiger partial charge in [0.2, 0.25) is 5.91 Å². The molecule has 2 heteroatoms. The molecule has 13 heavy (non-hydrogen) atoms. The highest BCUT2D eigenvalue weighted by Gasteiger charge is 2.42. The van der Waals surface area contributed by atoms with E-state index in [0.717, 1.165) is 5.70 Å². The fourth-order valence-corrected chi connectivity index (χ4v) is 1.87. The van der Waals surface area contributed by atoms with Gasteiger partial charge in [-0.1, -0.05) is 0 Å². The molecule has 0 aliphatic carbocycles. The van der Waals surface area contributed by atoms with Crippen LogP contribution in [0.15, 0.2) is 11.3 Å². The fourth-order valence-electron chi connectivity index (χ4n) is 1.87. The van der Waals surface area contributed by atoms with Gasteiger partial charge in [0.25, 0.3) is 0 Å². The Hall–Kier alpha value is -0.790. The number of nitrogens with zero attached hydrogens (tertiary/aromatic N) is 1. The van der Waals surface area contributed by atoms with Gasteiger partial charge in [-0.2, -0.15) is 0 Å². The minimum Gasteiger partial charge on any atom is -0.313 e. The molecule has 0 fully saturated rings. The SMILES string of the molecule is CC1=C(C)C(C)(C)C(=O)N1C(C)C. The molecule has 1 aliphatic rings. The number of hydrogen-bond donors (Lipinski definition) is 0. The van der Waals surface area contributed by atoms with Crippen LogP contribution in [0.1, 0.15) is 41.5 Å². The minimum absolute atomic E-state index is 0.234. The van der Waals surface area contributed by atoms with Crippen molar-refractivity contribution in [2.45, 2.75) is 47.6 Å². The van der Waals surface area contributed by atoms with Crippen molar-refractivity contribution in [2.75, 3.05) is 0 Å². The molecule has 0 spiro atoms. The second-order valence-electron chi connectivity index (χ2n) is 4.60. The molecule has 0 radical (unpaired) electrons. The van der Waals surface area contributed by atoms with Crippen LogP contribution in [0.4, 0.5) is 0 Å². The zero-order chi connectivity index (χ0) is 10.4. The van der Waals surface area contributed by atoms with Crippen molar-refractivity contribution in [3.05, 3.63) is 11.3 Å². The Kier molecular flexibility index (Phi) is 2.27. The summed E-state index contributed by atoms with van der Waals surface area (Å²) < 4.78 is 0. The van der Waals surface area contributed by atoms with Gasteiger partial charge < -0.3 is 4.90 Å². The molecule has 0 saturated carbocycles. The summed E-state index contributed by atoms with van der Waals surface area (Å²) >= 11 is 0. The van der Waals surface area contributed by atoms with Gasteiger partial charge in [-0.15, -0.1) is 0 Å². The van der Waals surface area contributed by atoms with Gasteiger partial charge in [-0.05, 0) is 47.1 Å². The average Bonchev–Trinajstić information content (AvgIpc) is 2.14. The molecular weight excluding hydrogens is 162 g/mol. The number of carbonyl (C=O) groups is 1. The molecule has 2 nitrogen and oxygen atoms in total. The molecule has 0 atom stereocenters. The lowest BCUT2D eigenvalue weighted by molar-refractivity contribution is -0.135. The number of allylic oxidation sites excluding steroid dienone is 1. The van der Waals surface area contributed by atoms with Crippen LogP contribution in [0.5, 0.6) is 0 Å². The smallest absolute Gasteiger partial charge is 0.236 e. The van der Waals surface area contributed by atoms with Gasteiger partial charge in [0.15, 0.2) is 0 Å². The minimum atomic E-state index is -0.297. The number of hydrogen-bond acceptors (Lipinski definition) is 1. The lowest BCUT2D eigenvalue weighted by Crippen LogP contribution is -2.37. The number of rotatable bonds is 1. The average molecular weight is 181 g/mol. The van der Waals surface area contributed by atoms with Gasteiger partial charge in [-0.25, -0.2) is 0 Å². The van der Waals surface area contributed by atoms with E-state index in [9.17, 15) is 4.79 Å². The van der Waals surface area contributed by atoms with E-state index in [4.69, 9.17) is 0 Å². The van der Waals surface area contributed by atoms with Gasteiger partial charge in [0, 0.05) is 11.7 Å². The monoisotopic (exact) mass is 181 g/mol. The molecule has 1 rings (SSSR count). The first-order valence-corrected chi connectivity index (χ1v) is 4.81. The van der Waals surface area contributed by atoms with E-state index in [-0.39, 0.29) is 17.4 Å². The maximum atomic E-state index is 12.0. The maximum Gasteiger partial charge on any atom is 0.236 e. The molecule has 0 aromatic rings. The van der Waals surface area contributed by atoms with E-state index in [2.05, 4.69) is 20.8 Å². The molecular formula is C11H19NO. The Labute approximate surface area is 80.6 Å². The molecule has 1 aliphatic heterocycles. The first-order chi connectivity index (χ1) is 5.80. The van der Waals surface area contributed by atoms with Crippen LogP contribution in [0.3, 0.4) is 0 Å². The third kappa shape index (κ3) is 1.28. The number of amides is 1. The third-order valence-corrected chi connectivity index (χ3v) is 3.11. The van der Waals surface area contributed by atoms with Crippen LogP contribution in [-0.4, -0.2) is 16.8 Å². The van der Waals surface area contributed by atoms with Crippen LogP contribution < -0.4 is 0 Å². The van der Waals surface area contributed by atoms with Crippen molar-refractivity contribution in [3.8, 4) is 0 Å². The summed E-state index contributed by atoms with van der Waals surface area (Å²) in [6.45, 7) is 12.2. The molecule has 0 saturated heterocycles. The van der Waals surface area contributed by atoms with E-state index in [1.807, 2.05) is 25.7 Å². The highest BCUT2D eigenvalue weighted by Crippen LogP contribution is 2.39. The zero-order valence-corrected chi connectivity index (χ0v) is 9.43. The van der Waals surface area contributed by atoms with Crippen LogP contribution in [0.2, 0.25) is 0 Å². The molecule has 0 unspecified atom stereocenters. The van der Waals surface area contributed by atoms with E-state index < -0.39 is 0 Å². The summed E-state index contributed by atoms with van der Waals surface area (Å²) in [6, 6.07) is 0.268. The normalized spacial score (nSPS) is 22.1. The molecule has 0 aromatic heterocycles. The van der Waals surface area contributed by atoms with Crippen molar-refractivity contribution >= 4 is 5.91 Å². The third-order valence-electron chi connectivity index (χ3n) is 3.11. The topological polar surface area (TPSA) is 20.3 Å². The van der Waals surface area contributed by atoms with Crippen molar-refractivity contribution in [1.29, 1.82) is 0 Å². The highest BCUT2D eigenvalue weighted by atomic mass is 16.2. The molecule has 0 aromatic carbocycles. The second-order valence-corrected chi connectivity index (χ2v) is 4.60. The van der Waals surface area contributed by atoms with Crippen molar-refractivity contribution in [1.82, 2.24) is 4.90 Å². The predicted molar refractivity (Wildman–Crippen MR) is 54.1 cm³/mol. The van der Waals surface area contributed by atoms with Gasteiger partial charge >= 0.3 is 0 Å². The molecule has 74 valence electrons. The summed E-state index contributed by atoms with van der Waals surface area (Å²) in [5.41, 5.74) is 2.03.